The van der Waals surface area contributed by atoms with Crippen molar-refractivity contribution in [2.24, 2.45) is 0 Å². The Balaban J connectivity index is 1.75. The van der Waals surface area contributed by atoms with Crippen molar-refractivity contribution in [1.29, 1.82) is 0 Å². The Kier molecular flexibility index (Phi) is 7.91. The lowest BCUT2D eigenvalue weighted by atomic mass is 9.96. The van der Waals surface area contributed by atoms with Crippen LogP contribution in [0.5, 0.6) is 0 Å². The van der Waals surface area contributed by atoms with E-state index >= 15 is 0 Å². The second-order valence-corrected chi connectivity index (χ2v) is 15.0. The van der Waals surface area contributed by atoms with Gasteiger partial charge in [0.05, 0.1) is 10.8 Å². The van der Waals surface area contributed by atoms with Gasteiger partial charge in [0.25, 0.3) is 0 Å². The van der Waals surface area contributed by atoms with Gasteiger partial charge in [0, 0.05) is 7.05 Å². The summed E-state index contributed by atoms with van der Waals surface area (Å²) in [6.07, 6.45) is 0. The molecule has 0 saturated carbocycles. The summed E-state index contributed by atoms with van der Waals surface area (Å²) < 4.78 is 15.6. The summed E-state index contributed by atoms with van der Waals surface area (Å²) >= 11 is 0. The minimum Gasteiger partial charge on any atom is -0.242 e. The molecule has 5 aromatic carbocycles. The fraction of sp³-hybridized carbons (Fsp3) is 0.176. The molecule has 0 aliphatic carbocycles. The Hall–Kier alpha value is -3.10. The highest BCUT2D eigenvalue weighted by Gasteiger charge is 2.33. The van der Waals surface area contributed by atoms with Crippen LogP contribution in [-0.4, -0.2) is 20.3 Å². The van der Waals surface area contributed by atoms with Crippen LogP contribution >= 0.6 is 7.92 Å². The van der Waals surface area contributed by atoms with Crippen LogP contribution in [0.15, 0.2) is 127 Å². The lowest BCUT2D eigenvalue weighted by Crippen LogP contribution is -2.39. The van der Waals surface area contributed by atoms with Crippen molar-refractivity contribution in [3.05, 3.63) is 139 Å². The van der Waals surface area contributed by atoms with Gasteiger partial charge in [-0.3, -0.25) is 0 Å². The molecule has 5 rings (SSSR count). The summed E-state index contributed by atoms with van der Waals surface area (Å²) in [4.78, 5) is 0. The van der Waals surface area contributed by atoms with Crippen LogP contribution in [0.1, 0.15) is 37.9 Å². The normalized spacial score (nSPS) is 13.6. The van der Waals surface area contributed by atoms with E-state index in [-0.39, 0.29) is 10.8 Å². The molecule has 0 aliphatic heterocycles. The van der Waals surface area contributed by atoms with E-state index in [1.165, 1.54) is 32.2 Å². The molecule has 0 aromatic heterocycles. The Morgan fingerprint density at radius 2 is 1.18 bits per heavy atom. The molecule has 0 saturated heterocycles. The Labute approximate surface area is 230 Å². The van der Waals surface area contributed by atoms with E-state index in [9.17, 15) is 4.21 Å². The van der Waals surface area contributed by atoms with Crippen molar-refractivity contribution in [3.8, 4) is 0 Å². The number of rotatable bonds is 7. The highest BCUT2D eigenvalue weighted by atomic mass is 32.2. The van der Waals surface area contributed by atoms with Crippen molar-refractivity contribution < 1.29 is 4.21 Å². The third-order valence-electron chi connectivity index (χ3n) is 6.74. The molecule has 5 aromatic rings. The minimum atomic E-state index is -1.22. The average Bonchev–Trinajstić information content (AvgIpc) is 2.94. The van der Waals surface area contributed by atoms with Gasteiger partial charge in [0.1, 0.15) is 11.0 Å². The van der Waals surface area contributed by atoms with Gasteiger partial charge in [-0.25, -0.2) is 8.51 Å². The smallest absolute Gasteiger partial charge is 0.100 e. The molecule has 192 valence electrons. The molecule has 0 fully saturated rings. The minimum absolute atomic E-state index is 0.173. The van der Waals surface area contributed by atoms with Gasteiger partial charge >= 0.3 is 0 Å². The summed E-state index contributed by atoms with van der Waals surface area (Å²) in [5.74, 6) is 0. The van der Waals surface area contributed by atoms with Gasteiger partial charge in [0.2, 0.25) is 0 Å². The molecule has 4 heteroatoms. The van der Waals surface area contributed by atoms with Crippen LogP contribution in [0.2, 0.25) is 0 Å². The molecule has 0 aliphatic rings. The first-order valence-corrected chi connectivity index (χ1v) is 15.4. The molecular weight excluding hydrogens is 501 g/mol. The van der Waals surface area contributed by atoms with Crippen molar-refractivity contribution in [3.63, 3.8) is 0 Å². The van der Waals surface area contributed by atoms with Gasteiger partial charge in [-0.2, -0.15) is 0 Å². The maximum absolute atomic E-state index is 13.9. The SMILES string of the molecule is CN([C@H](c1ccc2ccccc2c1)c1ccccc1P(c1ccccc1)c1ccccc1)S(=O)C(C)(C)C. The number of fused-ring (bicyclic) bond motifs is 1. The second-order valence-electron chi connectivity index (χ2n) is 10.5. The van der Waals surface area contributed by atoms with E-state index < -0.39 is 18.9 Å². The standard InChI is InChI=1S/C34H34NOPS/c1-34(2,3)38(36)35(4)33(28-24-23-26-15-11-12-16-27(26)25-28)31-21-13-14-22-32(31)37(29-17-7-5-8-18-29)30-19-9-6-10-20-30/h5-25,33H,1-4H3/t33-,38?/m1/s1. The van der Waals surface area contributed by atoms with Crippen LogP contribution in [0.4, 0.5) is 0 Å². The Morgan fingerprint density at radius 3 is 1.79 bits per heavy atom. The average molecular weight is 536 g/mol. The van der Waals surface area contributed by atoms with Gasteiger partial charge in [-0.05, 0) is 72.6 Å². The molecule has 0 radical (unpaired) electrons. The van der Waals surface area contributed by atoms with Crippen molar-refractivity contribution in [2.75, 3.05) is 7.05 Å². The predicted octanol–water partition coefficient (Wildman–Crippen LogP) is 7.08. The first kappa shape index (κ1) is 26.5. The monoisotopic (exact) mass is 535 g/mol. The molecule has 0 spiro atoms. The fourth-order valence-electron chi connectivity index (χ4n) is 4.99. The zero-order chi connectivity index (χ0) is 26.7. The Morgan fingerprint density at radius 1 is 0.658 bits per heavy atom. The zero-order valence-corrected chi connectivity index (χ0v) is 24.1. The molecule has 38 heavy (non-hydrogen) atoms. The number of hydrogen-bond donors (Lipinski definition) is 0. The lowest BCUT2D eigenvalue weighted by molar-refractivity contribution is 0.441. The van der Waals surface area contributed by atoms with Crippen LogP contribution < -0.4 is 15.9 Å². The van der Waals surface area contributed by atoms with Crippen LogP contribution in [0, 0.1) is 0 Å². The molecular formula is C34H34NOPS. The Bertz CT molecular complexity index is 1510. The van der Waals surface area contributed by atoms with Gasteiger partial charge in [-0.15, -0.1) is 0 Å². The maximum Gasteiger partial charge on any atom is 0.100 e. The van der Waals surface area contributed by atoms with E-state index in [0.29, 0.717) is 0 Å². The topological polar surface area (TPSA) is 20.3 Å². The number of nitrogens with zero attached hydrogens (tertiary/aromatic N) is 1. The van der Waals surface area contributed by atoms with Crippen LogP contribution in [-0.2, 0) is 11.0 Å². The molecule has 1 unspecified atom stereocenters. The second kappa shape index (κ2) is 11.3. The zero-order valence-electron chi connectivity index (χ0n) is 22.4. The fourth-order valence-corrected chi connectivity index (χ4v) is 8.77. The molecule has 0 N–H and O–H groups in total. The third kappa shape index (κ3) is 5.52. The van der Waals surface area contributed by atoms with E-state index in [2.05, 4.69) is 132 Å². The summed E-state index contributed by atoms with van der Waals surface area (Å²) in [6.45, 7) is 6.14. The summed E-state index contributed by atoms with van der Waals surface area (Å²) in [5.41, 5.74) is 2.34. The maximum atomic E-state index is 13.9. The van der Waals surface area contributed by atoms with Crippen LogP contribution in [0.3, 0.4) is 0 Å². The molecule has 0 heterocycles. The van der Waals surface area contributed by atoms with Crippen molar-refractivity contribution in [1.82, 2.24) is 4.31 Å². The highest BCUT2D eigenvalue weighted by molar-refractivity contribution is 7.84. The van der Waals surface area contributed by atoms with E-state index in [0.717, 1.165) is 5.56 Å². The summed E-state index contributed by atoms with van der Waals surface area (Å²) in [6, 6.07) is 45.3. The van der Waals surface area contributed by atoms with Gasteiger partial charge in [-0.1, -0.05) is 121 Å². The van der Waals surface area contributed by atoms with Gasteiger partial charge in [0.15, 0.2) is 0 Å². The largest absolute Gasteiger partial charge is 0.242 e. The van der Waals surface area contributed by atoms with E-state index in [1.807, 2.05) is 27.8 Å². The van der Waals surface area contributed by atoms with E-state index in [1.54, 1.807) is 0 Å². The first-order valence-electron chi connectivity index (χ1n) is 13.0. The van der Waals surface area contributed by atoms with Crippen molar-refractivity contribution in [2.45, 2.75) is 31.6 Å². The number of benzene rings is 5. The molecule has 2 atom stereocenters. The lowest BCUT2D eigenvalue weighted by Gasteiger charge is -2.35. The van der Waals surface area contributed by atoms with Crippen LogP contribution in [0.25, 0.3) is 10.8 Å². The van der Waals surface area contributed by atoms with Gasteiger partial charge < -0.3 is 0 Å². The third-order valence-corrected chi connectivity index (χ3v) is 11.0. The van der Waals surface area contributed by atoms with Crippen molar-refractivity contribution >= 4 is 45.6 Å². The molecule has 0 amide bonds. The highest BCUT2D eigenvalue weighted by Crippen LogP contribution is 2.40. The first-order chi connectivity index (χ1) is 18.3. The number of hydrogen-bond acceptors (Lipinski definition) is 1. The predicted molar refractivity (Wildman–Crippen MR) is 167 cm³/mol. The molecule has 2 nitrogen and oxygen atoms in total. The quantitative estimate of drug-likeness (QED) is 0.204. The summed E-state index contributed by atoms with van der Waals surface area (Å²) in [5, 5.41) is 6.29. The summed E-state index contributed by atoms with van der Waals surface area (Å²) in [7, 11) is -0.0335. The molecule has 0 bridgehead atoms. The van der Waals surface area contributed by atoms with E-state index in [4.69, 9.17) is 0 Å².